The Morgan fingerprint density at radius 2 is 2.10 bits per heavy atom. The Labute approximate surface area is 125 Å². The minimum Gasteiger partial charge on any atom is -0.333 e. The molecule has 2 heterocycles. The highest BCUT2D eigenvalue weighted by atomic mass is 32.1. The summed E-state index contributed by atoms with van der Waals surface area (Å²) < 4.78 is 0. The van der Waals surface area contributed by atoms with E-state index in [0.29, 0.717) is 18.1 Å². The monoisotopic (exact) mass is 302 g/mol. The van der Waals surface area contributed by atoms with E-state index in [2.05, 4.69) is 15.5 Å². The molecule has 0 radical (unpaired) electrons. The molecular weight excluding hydrogens is 288 g/mol. The summed E-state index contributed by atoms with van der Waals surface area (Å²) in [5, 5.41) is 11.9. The first-order chi connectivity index (χ1) is 10.2. The highest BCUT2D eigenvalue weighted by molar-refractivity contribution is 7.18. The van der Waals surface area contributed by atoms with Crippen molar-refractivity contribution in [2.24, 2.45) is 0 Å². The molecule has 1 N–H and O–H groups in total. The van der Waals surface area contributed by atoms with Gasteiger partial charge in [0.15, 0.2) is 0 Å². The van der Waals surface area contributed by atoms with Crippen LogP contribution in [0, 0.1) is 0 Å². The Morgan fingerprint density at radius 3 is 2.81 bits per heavy atom. The first-order valence-corrected chi connectivity index (χ1v) is 7.50. The fourth-order valence-electron chi connectivity index (χ4n) is 2.17. The molecule has 0 spiro atoms. The zero-order valence-electron chi connectivity index (χ0n) is 11.3. The topological polar surface area (TPSA) is 75.2 Å². The van der Waals surface area contributed by atoms with E-state index in [9.17, 15) is 9.59 Å². The van der Waals surface area contributed by atoms with Gasteiger partial charge in [0.2, 0.25) is 16.9 Å². The van der Waals surface area contributed by atoms with Crippen molar-refractivity contribution in [2.75, 3.05) is 18.4 Å². The summed E-state index contributed by atoms with van der Waals surface area (Å²) in [5.41, 5.74) is 0.963. The first-order valence-electron chi connectivity index (χ1n) is 6.69. The third-order valence-corrected chi connectivity index (χ3v) is 4.09. The van der Waals surface area contributed by atoms with Gasteiger partial charge in [0.05, 0.1) is 6.54 Å². The fourth-order valence-corrected chi connectivity index (χ4v) is 2.94. The number of carbonyl (C=O) groups is 2. The van der Waals surface area contributed by atoms with Crippen LogP contribution >= 0.6 is 11.3 Å². The number of amides is 2. The molecule has 2 aromatic rings. The molecule has 6 nitrogen and oxygen atoms in total. The number of benzene rings is 1. The van der Waals surface area contributed by atoms with Crippen molar-refractivity contribution in [3.63, 3.8) is 0 Å². The molecule has 1 aliphatic heterocycles. The maximum Gasteiger partial charge on any atom is 0.245 e. The highest BCUT2D eigenvalue weighted by Gasteiger charge is 2.22. The molecule has 7 heteroatoms. The Balaban J connectivity index is 1.62. The Kier molecular flexibility index (Phi) is 3.92. The lowest BCUT2D eigenvalue weighted by Gasteiger charge is -2.13. The molecule has 1 aromatic heterocycles. The predicted octanol–water partition coefficient (Wildman–Crippen LogP) is 1.77. The van der Waals surface area contributed by atoms with Gasteiger partial charge in [-0.05, 0) is 6.42 Å². The lowest BCUT2D eigenvalue weighted by Crippen LogP contribution is -2.33. The fraction of sp³-hybridized carbons (Fsp3) is 0.286. The molecule has 0 atom stereocenters. The number of anilines is 1. The Hall–Kier alpha value is -2.28. The van der Waals surface area contributed by atoms with Crippen LogP contribution in [0.15, 0.2) is 30.3 Å². The molecule has 3 rings (SSSR count). The molecule has 0 unspecified atom stereocenters. The summed E-state index contributed by atoms with van der Waals surface area (Å²) in [5.74, 6) is -0.201. The molecule has 21 heavy (non-hydrogen) atoms. The SMILES string of the molecule is O=C(CN1CCCC1=O)Nc1nnc(-c2ccccc2)s1. The van der Waals surface area contributed by atoms with Gasteiger partial charge < -0.3 is 4.90 Å². The van der Waals surface area contributed by atoms with Crippen molar-refractivity contribution in [3.8, 4) is 10.6 Å². The van der Waals surface area contributed by atoms with Crippen LogP contribution in [-0.2, 0) is 9.59 Å². The van der Waals surface area contributed by atoms with Gasteiger partial charge in [-0.15, -0.1) is 10.2 Å². The molecule has 1 aliphatic rings. The van der Waals surface area contributed by atoms with E-state index in [0.717, 1.165) is 17.0 Å². The molecule has 2 amide bonds. The van der Waals surface area contributed by atoms with Gasteiger partial charge in [-0.3, -0.25) is 14.9 Å². The van der Waals surface area contributed by atoms with Crippen LogP contribution in [0.3, 0.4) is 0 Å². The Bertz CT molecular complexity index is 656. The molecule has 0 saturated carbocycles. The molecular formula is C14H14N4O2S. The summed E-state index contributed by atoms with van der Waals surface area (Å²) in [4.78, 5) is 24.9. The van der Waals surface area contributed by atoms with Crippen LogP contribution in [0.4, 0.5) is 5.13 Å². The van der Waals surface area contributed by atoms with Crippen molar-refractivity contribution in [1.82, 2.24) is 15.1 Å². The molecule has 1 aromatic carbocycles. The van der Waals surface area contributed by atoms with Crippen LogP contribution in [0.5, 0.6) is 0 Å². The second kappa shape index (κ2) is 6.01. The van der Waals surface area contributed by atoms with Crippen LogP contribution in [0.2, 0.25) is 0 Å². The third-order valence-electron chi connectivity index (χ3n) is 3.20. The van der Waals surface area contributed by atoms with Gasteiger partial charge in [-0.2, -0.15) is 0 Å². The van der Waals surface area contributed by atoms with Crippen molar-refractivity contribution in [2.45, 2.75) is 12.8 Å². The van der Waals surface area contributed by atoms with E-state index in [1.165, 1.54) is 11.3 Å². The number of likely N-dealkylation sites (tertiary alicyclic amines) is 1. The summed E-state index contributed by atoms with van der Waals surface area (Å²) >= 11 is 1.32. The largest absolute Gasteiger partial charge is 0.333 e. The lowest BCUT2D eigenvalue weighted by atomic mass is 10.2. The van der Waals surface area contributed by atoms with Gasteiger partial charge in [-0.25, -0.2) is 0 Å². The molecule has 0 aliphatic carbocycles. The van der Waals surface area contributed by atoms with Crippen LogP contribution in [-0.4, -0.2) is 40.0 Å². The minimum atomic E-state index is -0.235. The normalized spacial score (nSPS) is 14.5. The average Bonchev–Trinajstić information content (AvgIpc) is 3.10. The number of hydrogen-bond acceptors (Lipinski definition) is 5. The second-order valence-electron chi connectivity index (χ2n) is 4.75. The predicted molar refractivity (Wildman–Crippen MR) is 79.8 cm³/mol. The van der Waals surface area contributed by atoms with Crippen LogP contribution in [0.25, 0.3) is 10.6 Å². The van der Waals surface area contributed by atoms with E-state index >= 15 is 0 Å². The van der Waals surface area contributed by atoms with Crippen molar-refractivity contribution in [1.29, 1.82) is 0 Å². The van der Waals surface area contributed by atoms with E-state index in [1.807, 2.05) is 30.3 Å². The van der Waals surface area contributed by atoms with E-state index in [1.54, 1.807) is 4.90 Å². The summed E-state index contributed by atoms with van der Waals surface area (Å²) in [6, 6.07) is 9.66. The molecule has 1 fully saturated rings. The third kappa shape index (κ3) is 3.25. The minimum absolute atomic E-state index is 0.0346. The van der Waals surface area contributed by atoms with E-state index < -0.39 is 0 Å². The molecule has 0 bridgehead atoms. The van der Waals surface area contributed by atoms with Gasteiger partial charge in [0.1, 0.15) is 5.01 Å². The quantitative estimate of drug-likeness (QED) is 0.934. The van der Waals surface area contributed by atoms with Crippen LogP contribution < -0.4 is 5.32 Å². The zero-order chi connectivity index (χ0) is 14.7. The van der Waals surface area contributed by atoms with Crippen molar-refractivity contribution < 1.29 is 9.59 Å². The van der Waals surface area contributed by atoms with Gasteiger partial charge in [-0.1, -0.05) is 41.7 Å². The van der Waals surface area contributed by atoms with Crippen molar-refractivity contribution >= 4 is 28.3 Å². The number of carbonyl (C=O) groups excluding carboxylic acids is 2. The standard InChI is InChI=1S/C14H14N4O2S/c19-11(9-18-8-4-7-12(18)20)15-14-17-16-13(21-14)10-5-2-1-3-6-10/h1-3,5-6H,4,7-9H2,(H,15,17,19). The van der Waals surface area contributed by atoms with E-state index in [4.69, 9.17) is 0 Å². The number of aromatic nitrogens is 2. The number of hydrogen-bond donors (Lipinski definition) is 1. The first kappa shape index (κ1) is 13.7. The smallest absolute Gasteiger partial charge is 0.245 e. The highest BCUT2D eigenvalue weighted by Crippen LogP contribution is 2.25. The lowest BCUT2D eigenvalue weighted by molar-refractivity contribution is -0.131. The number of nitrogens with zero attached hydrogens (tertiary/aromatic N) is 3. The Morgan fingerprint density at radius 1 is 1.29 bits per heavy atom. The van der Waals surface area contributed by atoms with Gasteiger partial charge in [0, 0.05) is 18.5 Å². The molecule has 108 valence electrons. The van der Waals surface area contributed by atoms with Crippen molar-refractivity contribution in [3.05, 3.63) is 30.3 Å². The molecule has 1 saturated heterocycles. The zero-order valence-corrected chi connectivity index (χ0v) is 12.1. The summed E-state index contributed by atoms with van der Waals surface area (Å²) in [6.45, 7) is 0.733. The van der Waals surface area contributed by atoms with E-state index in [-0.39, 0.29) is 18.4 Å². The average molecular weight is 302 g/mol. The van der Waals surface area contributed by atoms with Gasteiger partial charge in [0.25, 0.3) is 0 Å². The number of rotatable bonds is 4. The number of nitrogens with one attached hydrogen (secondary N) is 1. The summed E-state index contributed by atoms with van der Waals surface area (Å²) in [6.07, 6.45) is 1.35. The maximum atomic E-state index is 11.9. The van der Waals surface area contributed by atoms with Gasteiger partial charge >= 0.3 is 0 Å². The maximum absolute atomic E-state index is 11.9. The summed E-state index contributed by atoms with van der Waals surface area (Å²) in [7, 11) is 0. The van der Waals surface area contributed by atoms with Crippen LogP contribution in [0.1, 0.15) is 12.8 Å². The second-order valence-corrected chi connectivity index (χ2v) is 5.72.